The van der Waals surface area contributed by atoms with Gasteiger partial charge in [0.1, 0.15) is 6.29 Å². The fraction of sp³-hybridized carbons (Fsp3) is 0.571. The summed E-state index contributed by atoms with van der Waals surface area (Å²) in [6.45, 7) is 0. The molecule has 0 aliphatic heterocycles. The molecule has 12 heavy (non-hydrogen) atoms. The minimum Gasteiger partial charge on any atom is -0.303 e. The highest BCUT2D eigenvalue weighted by Crippen LogP contribution is 1.91. The van der Waals surface area contributed by atoms with Gasteiger partial charge in [-0.15, -0.1) is 0 Å². The Labute approximate surface area is 70.7 Å². The van der Waals surface area contributed by atoms with Gasteiger partial charge in [-0.25, -0.2) is 0 Å². The van der Waals surface area contributed by atoms with E-state index in [4.69, 9.17) is 0 Å². The number of hydrazine groups is 1. The van der Waals surface area contributed by atoms with Crippen LogP contribution in [0.1, 0.15) is 19.3 Å². The number of aldehydes is 1. The first-order valence-corrected chi connectivity index (χ1v) is 3.62. The van der Waals surface area contributed by atoms with Crippen LogP contribution in [-0.2, 0) is 14.4 Å². The van der Waals surface area contributed by atoms with Crippen molar-refractivity contribution in [3.05, 3.63) is 0 Å². The van der Waals surface area contributed by atoms with Crippen molar-refractivity contribution >= 4 is 18.6 Å². The molecule has 0 saturated heterocycles. The van der Waals surface area contributed by atoms with Gasteiger partial charge in [-0.1, -0.05) is 0 Å². The average molecular weight is 172 g/mol. The van der Waals surface area contributed by atoms with E-state index in [-0.39, 0.29) is 12.3 Å². The molecular weight excluding hydrogens is 160 g/mol. The number of hydrogen-bond acceptors (Lipinski definition) is 3. The molecule has 0 radical (unpaired) electrons. The van der Waals surface area contributed by atoms with Gasteiger partial charge in [0.2, 0.25) is 12.3 Å². The average Bonchev–Trinajstić information content (AvgIpc) is 2.05. The Morgan fingerprint density at radius 2 is 2.17 bits per heavy atom. The van der Waals surface area contributed by atoms with Gasteiger partial charge in [-0.2, -0.15) is 0 Å². The molecule has 0 aliphatic rings. The molecule has 0 spiro atoms. The SMILES string of the molecule is CN(C=O)NC(=O)CCCC=O. The van der Waals surface area contributed by atoms with Crippen LogP contribution in [0.2, 0.25) is 0 Å². The Hall–Kier alpha value is -1.39. The Bertz CT molecular complexity index is 170. The van der Waals surface area contributed by atoms with Gasteiger partial charge >= 0.3 is 0 Å². The van der Waals surface area contributed by atoms with Crippen LogP contribution in [0.3, 0.4) is 0 Å². The Kier molecular flexibility index (Phi) is 5.60. The molecule has 0 rings (SSSR count). The number of nitrogens with one attached hydrogen (secondary N) is 1. The first kappa shape index (κ1) is 10.6. The van der Waals surface area contributed by atoms with Crippen LogP contribution < -0.4 is 5.43 Å². The first-order chi connectivity index (χ1) is 5.70. The van der Waals surface area contributed by atoms with E-state index in [1.165, 1.54) is 7.05 Å². The summed E-state index contributed by atoms with van der Waals surface area (Å²) in [5.74, 6) is -0.258. The van der Waals surface area contributed by atoms with Crippen molar-refractivity contribution in [3.63, 3.8) is 0 Å². The summed E-state index contributed by atoms with van der Waals surface area (Å²) in [4.78, 5) is 30.8. The standard InChI is InChI=1S/C7H12N2O3/c1-9(6-11)8-7(12)4-2-3-5-10/h5-6H,2-4H2,1H3,(H,8,12). The highest BCUT2D eigenvalue weighted by molar-refractivity contribution is 5.76. The van der Waals surface area contributed by atoms with Crippen molar-refractivity contribution in [1.29, 1.82) is 0 Å². The summed E-state index contributed by atoms with van der Waals surface area (Å²) in [6, 6.07) is 0. The molecule has 0 aromatic heterocycles. The summed E-state index contributed by atoms with van der Waals surface area (Å²) >= 11 is 0. The van der Waals surface area contributed by atoms with E-state index in [1.54, 1.807) is 0 Å². The minimum absolute atomic E-state index is 0.258. The van der Waals surface area contributed by atoms with Crippen molar-refractivity contribution in [2.24, 2.45) is 0 Å². The number of hydrogen-bond donors (Lipinski definition) is 1. The molecule has 2 amide bonds. The van der Waals surface area contributed by atoms with Crippen molar-refractivity contribution < 1.29 is 14.4 Å². The fourth-order valence-electron chi connectivity index (χ4n) is 0.625. The maximum absolute atomic E-state index is 10.9. The third-order valence-electron chi connectivity index (χ3n) is 1.18. The number of rotatable bonds is 6. The Balaban J connectivity index is 3.45. The van der Waals surface area contributed by atoms with E-state index < -0.39 is 0 Å². The molecule has 5 heteroatoms. The molecule has 0 saturated carbocycles. The Morgan fingerprint density at radius 3 is 2.67 bits per heavy atom. The van der Waals surface area contributed by atoms with E-state index in [0.29, 0.717) is 19.3 Å². The molecule has 0 bridgehead atoms. The third-order valence-corrected chi connectivity index (χ3v) is 1.18. The van der Waals surface area contributed by atoms with E-state index in [1.807, 2.05) is 0 Å². The van der Waals surface area contributed by atoms with Crippen LogP contribution in [0.15, 0.2) is 0 Å². The van der Waals surface area contributed by atoms with Gasteiger partial charge in [0.25, 0.3) is 0 Å². The summed E-state index contributed by atoms with van der Waals surface area (Å²) in [6.07, 6.45) is 2.41. The predicted octanol–water partition coefficient (Wildman–Crippen LogP) is -0.525. The second kappa shape index (κ2) is 6.33. The normalized spacial score (nSPS) is 8.75. The van der Waals surface area contributed by atoms with Crippen LogP contribution in [0.5, 0.6) is 0 Å². The molecule has 68 valence electrons. The lowest BCUT2D eigenvalue weighted by Gasteiger charge is -2.11. The molecule has 5 nitrogen and oxygen atoms in total. The quantitative estimate of drug-likeness (QED) is 0.333. The monoisotopic (exact) mass is 172 g/mol. The Morgan fingerprint density at radius 1 is 1.50 bits per heavy atom. The third kappa shape index (κ3) is 5.40. The lowest BCUT2D eigenvalue weighted by atomic mass is 10.2. The van der Waals surface area contributed by atoms with Gasteiger partial charge < -0.3 is 4.79 Å². The molecule has 0 aromatic carbocycles. The van der Waals surface area contributed by atoms with Gasteiger partial charge in [0.05, 0.1) is 0 Å². The van der Waals surface area contributed by atoms with Crippen molar-refractivity contribution in [2.45, 2.75) is 19.3 Å². The lowest BCUT2D eigenvalue weighted by Crippen LogP contribution is -2.37. The number of unbranched alkanes of at least 4 members (excludes halogenated alkanes) is 1. The van der Waals surface area contributed by atoms with Crippen LogP contribution in [-0.4, -0.2) is 30.7 Å². The molecular formula is C7H12N2O3. The number of amides is 2. The van der Waals surface area contributed by atoms with Crippen molar-refractivity contribution in [3.8, 4) is 0 Å². The second-order valence-corrected chi connectivity index (χ2v) is 2.31. The van der Waals surface area contributed by atoms with Crippen molar-refractivity contribution in [2.75, 3.05) is 7.05 Å². The predicted molar refractivity (Wildman–Crippen MR) is 41.9 cm³/mol. The number of carbonyl (C=O) groups is 3. The van der Waals surface area contributed by atoms with Crippen molar-refractivity contribution in [1.82, 2.24) is 10.4 Å². The van der Waals surface area contributed by atoms with Crippen LogP contribution in [0.25, 0.3) is 0 Å². The maximum atomic E-state index is 10.9. The highest BCUT2D eigenvalue weighted by atomic mass is 16.2. The summed E-state index contributed by atoms with van der Waals surface area (Å²) in [5, 5.41) is 1.03. The molecule has 0 aliphatic carbocycles. The van der Waals surface area contributed by atoms with Gasteiger partial charge in [-0.3, -0.25) is 20.0 Å². The number of nitrogens with zero attached hydrogens (tertiary/aromatic N) is 1. The van der Waals surface area contributed by atoms with Crippen LogP contribution in [0, 0.1) is 0 Å². The topological polar surface area (TPSA) is 66.5 Å². The summed E-state index contributed by atoms with van der Waals surface area (Å²) in [5.41, 5.74) is 2.30. The smallest absolute Gasteiger partial charge is 0.238 e. The fourth-order valence-corrected chi connectivity index (χ4v) is 0.625. The van der Waals surface area contributed by atoms with E-state index in [9.17, 15) is 14.4 Å². The van der Waals surface area contributed by atoms with Gasteiger partial charge in [0, 0.05) is 19.9 Å². The number of carbonyl (C=O) groups excluding carboxylic acids is 3. The summed E-state index contributed by atoms with van der Waals surface area (Å²) < 4.78 is 0. The zero-order valence-electron chi connectivity index (χ0n) is 6.95. The molecule has 1 N–H and O–H groups in total. The first-order valence-electron chi connectivity index (χ1n) is 3.62. The second-order valence-electron chi connectivity index (χ2n) is 2.31. The molecule has 0 unspecified atom stereocenters. The van der Waals surface area contributed by atoms with Crippen LogP contribution >= 0.6 is 0 Å². The van der Waals surface area contributed by atoms with E-state index in [2.05, 4.69) is 5.43 Å². The molecule has 0 fully saturated rings. The minimum atomic E-state index is -0.258. The van der Waals surface area contributed by atoms with Gasteiger partial charge in [-0.05, 0) is 6.42 Å². The summed E-state index contributed by atoms with van der Waals surface area (Å²) in [7, 11) is 1.44. The van der Waals surface area contributed by atoms with E-state index >= 15 is 0 Å². The maximum Gasteiger partial charge on any atom is 0.238 e. The molecule has 0 aromatic rings. The van der Waals surface area contributed by atoms with Gasteiger partial charge in [0.15, 0.2) is 0 Å². The lowest BCUT2D eigenvalue weighted by molar-refractivity contribution is -0.132. The molecule has 0 heterocycles. The molecule has 0 atom stereocenters. The van der Waals surface area contributed by atoms with E-state index in [0.717, 1.165) is 11.3 Å². The zero-order chi connectivity index (χ0) is 9.40. The largest absolute Gasteiger partial charge is 0.303 e. The van der Waals surface area contributed by atoms with Crippen LogP contribution in [0.4, 0.5) is 0 Å². The zero-order valence-corrected chi connectivity index (χ0v) is 6.95. The highest BCUT2D eigenvalue weighted by Gasteiger charge is 2.01.